The Labute approximate surface area is 200 Å². The molecule has 3 N–H and O–H groups in total. The number of rotatable bonds is 9. The summed E-state index contributed by atoms with van der Waals surface area (Å²) < 4.78 is 45.1. The van der Waals surface area contributed by atoms with Gasteiger partial charge in [-0.15, -0.1) is 0 Å². The van der Waals surface area contributed by atoms with Crippen molar-refractivity contribution in [3.63, 3.8) is 0 Å². The van der Waals surface area contributed by atoms with E-state index in [1.807, 2.05) is 48.5 Å². The molecule has 0 aromatic heterocycles. The molecule has 1 aliphatic carbocycles. The first kappa shape index (κ1) is 26.1. The summed E-state index contributed by atoms with van der Waals surface area (Å²) in [5.74, 6) is -3.09. The number of alkyl halides is 3. The van der Waals surface area contributed by atoms with E-state index in [1.54, 1.807) is 12.2 Å². The van der Waals surface area contributed by atoms with Crippen LogP contribution < -0.4 is 10.6 Å². The number of fused-ring (bicyclic) bond motifs is 3. The number of aliphatic carboxylic acids is 1. The summed E-state index contributed by atoms with van der Waals surface area (Å²) in [6.45, 7) is 2.94. The molecular weight excluding hydrogens is 465 g/mol. The van der Waals surface area contributed by atoms with E-state index in [1.165, 1.54) is 6.92 Å². The van der Waals surface area contributed by atoms with Crippen LogP contribution in [-0.4, -0.2) is 47.4 Å². The van der Waals surface area contributed by atoms with Crippen molar-refractivity contribution in [1.29, 1.82) is 0 Å². The maximum absolute atomic E-state index is 13.2. The van der Waals surface area contributed by atoms with E-state index < -0.39 is 42.1 Å². The standard InChI is InChI=1S/C25H27F3N2O5/c1-3-12-24(2,22(33)29-20(13-21(31)32)25(26,27)28)30-23(34)35-14-19-17-10-6-4-8-15(17)16-9-5-7-11-18(16)19/h4-11,19-20H,3,12-14H2,1-2H3,(H,29,33)(H,30,34)(H,31,32). The maximum atomic E-state index is 13.2. The Morgan fingerprint density at radius 2 is 1.57 bits per heavy atom. The fourth-order valence-corrected chi connectivity index (χ4v) is 4.33. The molecule has 0 fully saturated rings. The molecule has 0 heterocycles. The highest BCUT2D eigenvalue weighted by Gasteiger charge is 2.45. The molecule has 0 aliphatic heterocycles. The fraction of sp³-hybridized carbons (Fsp3) is 0.400. The lowest BCUT2D eigenvalue weighted by molar-refractivity contribution is -0.171. The van der Waals surface area contributed by atoms with Gasteiger partial charge in [-0.3, -0.25) is 9.59 Å². The van der Waals surface area contributed by atoms with Gasteiger partial charge in [0.1, 0.15) is 18.2 Å². The van der Waals surface area contributed by atoms with E-state index in [0.29, 0.717) is 6.42 Å². The summed E-state index contributed by atoms with van der Waals surface area (Å²) in [5.41, 5.74) is 2.29. The molecule has 0 saturated carbocycles. The molecule has 0 bridgehead atoms. The third-order valence-electron chi connectivity index (χ3n) is 6.05. The van der Waals surface area contributed by atoms with Crippen molar-refractivity contribution in [2.75, 3.05) is 6.61 Å². The third-order valence-corrected chi connectivity index (χ3v) is 6.05. The van der Waals surface area contributed by atoms with Gasteiger partial charge in [0, 0.05) is 5.92 Å². The van der Waals surface area contributed by atoms with E-state index in [2.05, 4.69) is 5.32 Å². The molecule has 0 radical (unpaired) electrons. The van der Waals surface area contributed by atoms with Crippen molar-refractivity contribution < 1.29 is 37.4 Å². The van der Waals surface area contributed by atoms with E-state index in [0.717, 1.165) is 22.3 Å². The predicted molar refractivity (Wildman–Crippen MR) is 122 cm³/mol. The number of hydrogen-bond donors (Lipinski definition) is 3. The number of nitrogens with one attached hydrogen (secondary N) is 2. The summed E-state index contributed by atoms with van der Waals surface area (Å²) in [4.78, 5) is 36.2. The highest BCUT2D eigenvalue weighted by atomic mass is 19.4. The molecule has 7 nitrogen and oxygen atoms in total. The summed E-state index contributed by atoms with van der Waals surface area (Å²) >= 11 is 0. The molecule has 0 saturated heterocycles. The molecule has 2 aromatic rings. The number of carboxylic acids is 1. The summed E-state index contributed by atoms with van der Waals surface area (Å²) in [6, 6.07) is 12.8. The molecule has 0 spiro atoms. The minimum atomic E-state index is -4.97. The Morgan fingerprint density at radius 3 is 2.06 bits per heavy atom. The van der Waals surface area contributed by atoms with Crippen LogP contribution in [-0.2, 0) is 14.3 Å². The van der Waals surface area contributed by atoms with Gasteiger partial charge in [0.2, 0.25) is 5.91 Å². The first-order valence-electron chi connectivity index (χ1n) is 11.2. The van der Waals surface area contributed by atoms with Crippen LogP contribution in [0.25, 0.3) is 11.1 Å². The lowest BCUT2D eigenvalue weighted by atomic mass is 9.94. The van der Waals surface area contributed by atoms with Crippen molar-refractivity contribution in [1.82, 2.24) is 10.6 Å². The van der Waals surface area contributed by atoms with Crippen LogP contribution in [0.15, 0.2) is 48.5 Å². The zero-order chi connectivity index (χ0) is 25.8. The zero-order valence-corrected chi connectivity index (χ0v) is 19.3. The number of carboxylic acid groups (broad SMARTS) is 1. The molecule has 3 rings (SSSR count). The smallest absolute Gasteiger partial charge is 0.409 e. The highest BCUT2D eigenvalue weighted by molar-refractivity contribution is 5.90. The second kappa shape index (κ2) is 10.4. The SMILES string of the molecule is CCCC(C)(NC(=O)OCC1c2ccccc2-c2ccccc21)C(=O)NC(CC(=O)O)C(F)(F)F. The van der Waals surface area contributed by atoms with E-state index in [-0.39, 0.29) is 18.9 Å². The zero-order valence-electron chi connectivity index (χ0n) is 19.3. The van der Waals surface area contributed by atoms with Gasteiger partial charge in [0.15, 0.2) is 0 Å². The maximum Gasteiger partial charge on any atom is 0.409 e. The highest BCUT2D eigenvalue weighted by Crippen LogP contribution is 2.44. The molecule has 35 heavy (non-hydrogen) atoms. The monoisotopic (exact) mass is 492 g/mol. The lowest BCUT2D eigenvalue weighted by Crippen LogP contribution is -2.60. The van der Waals surface area contributed by atoms with E-state index >= 15 is 0 Å². The van der Waals surface area contributed by atoms with Gasteiger partial charge in [0.05, 0.1) is 6.42 Å². The van der Waals surface area contributed by atoms with Gasteiger partial charge in [-0.1, -0.05) is 61.9 Å². The van der Waals surface area contributed by atoms with Gasteiger partial charge in [0.25, 0.3) is 0 Å². The Hall–Kier alpha value is -3.56. The number of carbonyl (C=O) groups excluding carboxylic acids is 2. The number of halogens is 3. The number of amides is 2. The van der Waals surface area contributed by atoms with Crippen LogP contribution in [0.5, 0.6) is 0 Å². The number of hydrogen-bond acceptors (Lipinski definition) is 4. The Balaban J connectivity index is 1.71. The quantitative estimate of drug-likeness (QED) is 0.474. The Morgan fingerprint density at radius 1 is 1.03 bits per heavy atom. The average Bonchev–Trinajstić information content (AvgIpc) is 3.10. The van der Waals surface area contributed by atoms with E-state index in [4.69, 9.17) is 9.84 Å². The first-order chi connectivity index (χ1) is 16.5. The fourth-order valence-electron chi connectivity index (χ4n) is 4.33. The number of ether oxygens (including phenoxy) is 1. The molecule has 2 unspecified atom stereocenters. The summed E-state index contributed by atoms with van der Waals surface area (Å²) in [7, 11) is 0. The van der Waals surface area contributed by atoms with Crippen molar-refractivity contribution in [2.24, 2.45) is 0 Å². The van der Waals surface area contributed by atoms with Crippen LogP contribution in [0.3, 0.4) is 0 Å². The minimum absolute atomic E-state index is 0.0146. The van der Waals surface area contributed by atoms with Gasteiger partial charge in [-0.2, -0.15) is 13.2 Å². The second-order valence-electron chi connectivity index (χ2n) is 8.70. The van der Waals surface area contributed by atoms with Gasteiger partial charge in [-0.25, -0.2) is 4.79 Å². The van der Waals surface area contributed by atoms with Crippen molar-refractivity contribution >= 4 is 18.0 Å². The van der Waals surface area contributed by atoms with E-state index in [9.17, 15) is 27.6 Å². The number of benzene rings is 2. The molecular formula is C25H27F3N2O5. The number of carbonyl (C=O) groups is 3. The predicted octanol–water partition coefficient (Wildman–Crippen LogP) is 4.61. The average molecular weight is 492 g/mol. The Kier molecular flexibility index (Phi) is 7.72. The molecule has 2 aromatic carbocycles. The number of alkyl carbamates (subject to hydrolysis) is 1. The normalized spacial score (nSPS) is 15.3. The van der Waals surface area contributed by atoms with Crippen molar-refractivity contribution in [3.05, 3.63) is 59.7 Å². The van der Waals surface area contributed by atoms with Crippen LogP contribution >= 0.6 is 0 Å². The lowest BCUT2D eigenvalue weighted by Gasteiger charge is -2.31. The molecule has 2 atom stereocenters. The van der Waals surface area contributed by atoms with Crippen molar-refractivity contribution in [3.8, 4) is 11.1 Å². The summed E-state index contributed by atoms with van der Waals surface area (Å²) in [5, 5.41) is 12.9. The summed E-state index contributed by atoms with van der Waals surface area (Å²) in [6.07, 6.45) is -6.88. The molecule has 2 amide bonds. The topological polar surface area (TPSA) is 105 Å². The molecule has 10 heteroatoms. The van der Waals surface area contributed by atoms with Crippen LogP contribution in [0.4, 0.5) is 18.0 Å². The minimum Gasteiger partial charge on any atom is -0.481 e. The molecule has 1 aliphatic rings. The first-order valence-corrected chi connectivity index (χ1v) is 11.2. The largest absolute Gasteiger partial charge is 0.481 e. The van der Waals surface area contributed by atoms with Crippen LogP contribution in [0, 0.1) is 0 Å². The van der Waals surface area contributed by atoms with Crippen molar-refractivity contribution in [2.45, 2.75) is 56.8 Å². The van der Waals surface area contributed by atoms with Gasteiger partial charge in [-0.05, 0) is 35.6 Å². The van der Waals surface area contributed by atoms with Gasteiger partial charge >= 0.3 is 18.2 Å². The van der Waals surface area contributed by atoms with Crippen LogP contribution in [0.2, 0.25) is 0 Å². The second-order valence-corrected chi connectivity index (χ2v) is 8.70. The third kappa shape index (κ3) is 5.93. The van der Waals surface area contributed by atoms with Crippen LogP contribution in [0.1, 0.15) is 50.2 Å². The Bertz CT molecular complexity index is 1060. The van der Waals surface area contributed by atoms with Gasteiger partial charge < -0.3 is 20.5 Å². The molecule has 188 valence electrons.